The quantitative estimate of drug-likeness (QED) is 0.650. The molecule has 1 heterocycles. The smallest absolute Gasteiger partial charge is 0.417 e. The number of likely N-dealkylation sites (N-methyl/N-ethyl adjacent to an activating group) is 1. The normalized spacial score (nSPS) is 19.6. The highest BCUT2D eigenvalue weighted by Crippen LogP contribution is 2.37. The Kier molecular flexibility index (Phi) is 8.10. The number of rotatable bonds is 5. The maximum atomic E-state index is 13.1. The molecular formula is C21H37N3O7. The van der Waals surface area contributed by atoms with Crippen LogP contribution in [0, 0.1) is 5.92 Å². The summed E-state index contributed by atoms with van der Waals surface area (Å²) in [4.78, 5) is 56.8. The largest absolute Gasteiger partial charge is 0.444 e. The van der Waals surface area contributed by atoms with Crippen LogP contribution in [0.2, 0.25) is 0 Å². The van der Waals surface area contributed by atoms with E-state index in [-0.39, 0.29) is 6.42 Å². The summed E-state index contributed by atoms with van der Waals surface area (Å²) in [5, 5.41) is 3.50. The minimum Gasteiger partial charge on any atom is -0.444 e. The molecule has 1 saturated heterocycles. The number of nitrogens with one attached hydrogen (secondary N) is 1. The van der Waals surface area contributed by atoms with Crippen molar-refractivity contribution in [2.45, 2.75) is 91.0 Å². The molecule has 0 aromatic carbocycles. The first kappa shape index (κ1) is 26.7. The lowest BCUT2D eigenvalue weighted by Gasteiger charge is -2.31. The van der Waals surface area contributed by atoms with E-state index in [4.69, 9.17) is 14.3 Å². The van der Waals surface area contributed by atoms with E-state index in [2.05, 4.69) is 5.32 Å². The Morgan fingerprint density at radius 1 is 1.13 bits per heavy atom. The van der Waals surface area contributed by atoms with Crippen molar-refractivity contribution in [3.8, 4) is 0 Å². The number of carbonyl (C=O) groups excluding carboxylic acids is 4. The van der Waals surface area contributed by atoms with Crippen molar-refractivity contribution in [1.29, 1.82) is 0 Å². The Bertz CT molecular complexity index is 707. The molecule has 4 amide bonds. The van der Waals surface area contributed by atoms with E-state index in [0.29, 0.717) is 6.42 Å². The number of amides is 4. The zero-order chi connectivity index (χ0) is 24.4. The maximum absolute atomic E-state index is 13.1. The zero-order valence-corrected chi connectivity index (χ0v) is 20.3. The second-order valence-electron chi connectivity index (χ2n) is 10.3. The van der Waals surface area contributed by atoms with Crippen LogP contribution in [0.5, 0.6) is 0 Å². The molecule has 0 aliphatic carbocycles. The van der Waals surface area contributed by atoms with Crippen molar-refractivity contribution in [3.63, 3.8) is 0 Å². The standard InChI is InChI=1S/C21H37N3O7/c1-19(2,3)30-17(27)22-14(16(26)23(9)29-10)11-13-12-21(7,8)24(15(13)25)18(28)31-20(4,5)6/h13-14H,11-12H2,1-10H3,(H,22,27)/t13-,14?/m0/s1. The molecule has 1 fully saturated rings. The third-order valence-corrected chi connectivity index (χ3v) is 4.59. The third-order valence-electron chi connectivity index (χ3n) is 4.59. The molecule has 1 aliphatic heterocycles. The Balaban J connectivity index is 3.08. The van der Waals surface area contributed by atoms with Gasteiger partial charge in [0.25, 0.3) is 5.91 Å². The molecule has 0 aromatic heterocycles. The predicted molar refractivity (Wildman–Crippen MR) is 113 cm³/mol. The van der Waals surface area contributed by atoms with Crippen LogP contribution in [0.3, 0.4) is 0 Å². The number of hydroxylamine groups is 2. The van der Waals surface area contributed by atoms with E-state index in [1.165, 1.54) is 14.2 Å². The van der Waals surface area contributed by atoms with Gasteiger partial charge in [0.05, 0.1) is 7.11 Å². The molecule has 1 aliphatic rings. The van der Waals surface area contributed by atoms with Gasteiger partial charge in [-0.05, 0) is 68.2 Å². The zero-order valence-electron chi connectivity index (χ0n) is 20.3. The van der Waals surface area contributed by atoms with Crippen LogP contribution in [0.25, 0.3) is 0 Å². The van der Waals surface area contributed by atoms with Crippen molar-refractivity contribution in [2.24, 2.45) is 5.92 Å². The van der Waals surface area contributed by atoms with Crippen LogP contribution in [-0.2, 0) is 23.9 Å². The molecule has 1 unspecified atom stereocenters. The SMILES string of the molecule is CON(C)C(=O)C(C[C@H]1CC(C)(C)N(C(=O)OC(C)(C)C)C1=O)NC(=O)OC(C)(C)C. The van der Waals surface area contributed by atoms with Gasteiger partial charge in [0.1, 0.15) is 17.2 Å². The van der Waals surface area contributed by atoms with Gasteiger partial charge in [-0.3, -0.25) is 14.4 Å². The first-order valence-electron chi connectivity index (χ1n) is 10.3. The second-order valence-corrected chi connectivity index (χ2v) is 10.3. The molecule has 1 rings (SSSR count). The lowest BCUT2D eigenvalue weighted by atomic mass is 9.91. The summed E-state index contributed by atoms with van der Waals surface area (Å²) in [7, 11) is 2.72. The van der Waals surface area contributed by atoms with Gasteiger partial charge in [-0.1, -0.05) is 0 Å². The number of nitrogens with zero attached hydrogens (tertiary/aromatic N) is 2. The van der Waals surface area contributed by atoms with Crippen LogP contribution in [0.4, 0.5) is 9.59 Å². The predicted octanol–water partition coefficient (Wildman–Crippen LogP) is 2.85. The van der Waals surface area contributed by atoms with Crippen LogP contribution in [0.1, 0.15) is 68.2 Å². The van der Waals surface area contributed by atoms with Crippen LogP contribution >= 0.6 is 0 Å². The summed E-state index contributed by atoms with van der Waals surface area (Å²) >= 11 is 0. The highest BCUT2D eigenvalue weighted by Gasteiger charge is 2.50. The van der Waals surface area contributed by atoms with Crippen molar-refractivity contribution in [2.75, 3.05) is 14.2 Å². The number of alkyl carbamates (subject to hydrolysis) is 1. The van der Waals surface area contributed by atoms with Crippen LogP contribution in [-0.4, -0.2) is 70.9 Å². The van der Waals surface area contributed by atoms with Crippen molar-refractivity contribution < 1.29 is 33.5 Å². The van der Waals surface area contributed by atoms with Gasteiger partial charge in [-0.15, -0.1) is 0 Å². The lowest BCUT2D eigenvalue weighted by Crippen LogP contribution is -2.50. The number of ether oxygens (including phenoxy) is 2. The molecule has 10 nitrogen and oxygen atoms in total. The van der Waals surface area contributed by atoms with Crippen molar-refractivity contribution >= 4 is 24.0 Å². The minimum atomic E-state index is -1.08. The van der Waals surface area contributed by atoms with Gasteiger partial charge in [-0.2, -0.15) is 0 Å². The number of hydrogen-bond donors (Lipinski definition) is 1. The van der Waals surface area contributed by atoms with Crippen molar-refractivity contribution in [1.82, 2.24) is 15.3 Å². The van der Waals surface area contributed by atoms with E-state index < -0.39 is 52.7 Å². The summed E-state index contributed by atoms with van der Waals surface area (Å²) in [5.74, 6) is -1.69. The molecule has 0 aromatic rings. The van der Waals surface area contributed by atoms with Gasteiger partial charge in [0.2, 0.25) is 5.91 Å². The summed E-state index contributed by atoms with van der Waals surface area (Å²) in [6.45, 7) is 13.8. The number of carbonyl (C=O) groups is 4. The fourth-order valence-electron chi connectivity index (χ4n) is 3.36. The van der Waals surface area contributed by atoms with Gasteiger partial charge in [0.15, 0.2) is 0 Å². The molecule has 0 bridgehead atoms. The Morgan fingerprint density at radius 2 is 1.65 bits per heavy atom. The van der Waals surface area contributed by atoms with Crippen LogP contribution < -0.4 is 5.32 Å². The molecule has 1 N–H and O–H groups in total. The topological polar surface area (TPSA) is 114 Å². The molecule has 0 spiro atoms. The summed E-state index contributed by atoms with van der Waals surface area (Å²) < 4.78 is 10.6. The summed E-state index contributed by atoms with van der Waals surface area (Å²) in [5.41, 5.74) is -2.33. The van der Waals surface area contributed by atoms with E-state index in [1.807, 2.05) is 0 Å². The van der Waals surface area contributed by atoms with Gasteiger partial charge in [-0.25, -0.2) is 19.6 Å². The Hall–Kier alpha value is -2.36. The monoisotopic (exact) mass is 443 g/mol. The first-order valence-corrected chi connectivity index (χ1v) is 10.3. The summed E-state index contributed by atoms with van der Waals surface area (Å²) in [6, 6.07) is -1.08. The Labute approximate surface area is 184 Å². The van der Waals surface area contributed by atoms with Crippen LogP contribution in [0.15, 0.2) is 0 Å². The lowest BCUT2D eigenvalue weighted by molar-refractivity contribution is -0.171. The first-order chi connectivity index (χ1) is 13.9. The molecule has 0 radical (unpaired) electrons. The van der Waals surface area contributed by atoms with Crippen molar-refractivity contribution in [3.05, 3.63) is 0 Å². The fraction of sp³-hybridized carbons (Fsp3) is 0.810. The average molecular weight is 444 g/mol. The van der Waals surface area contributed by atoms with Gasteiger partial charge < -0.3 is 14.8 Å². The highest BCUT2D eigenvalue weighted by atomic mass is 16.7. The van der Waals surface area contributed by atoms with E-state index in [9.17, 15) is 19.2 Å². The molecule has 2 atom stereocenters. The molecule has 0 saturated carbocycles. The van der Waals surface area contributed by atoms with E-state index in [1.54, 1.807) is 55.4 Å². The van der Waals surface area contributed by atoms with Gasteiger partial charge >= 0.3 is 12.2 Å². The van der Waals surface area contributed by atoms with E-state index >= 15 is 0 Å². The highest BCUT2D eigenvalue weighted by molar-refractivity contribution is 5.97. The van der Waals surface area contributed by atoms with E-state index in [0.717, 1.165) is 9.96 Å². The number of hydrogen-bond acceptors (Lipinski definition) is 7. The molecular weight excluding hydrogens is 406 g/mol. The van der Waals surface area contributed by atoms with Gasteiger partial charge in [0, 0.05) is 18.5 Å². The summed E-state index contributed by atoms with van der Waals surface area (Å²) in [6.07, 6.45) is -1.24. The third kappa shape index (κ3) is 7.68. The molecule has 178 valence electrons. The minimum absolute atomic E-state index is 0.0205. The number of likely N-dealkylation sites (tertiary alicyclic amines) is 1. The average Bonchev–Trinajstić information content (AvgIpc) is 2.77. The Morgan fingerprint density at radius 3 is 2.10 bits per heavy atom. The molecule has 10 heteroatoms. The second kappa shape index (κ2) is 9.42. The maximum Gasteiger partial charge on any atom is 0.417 e. The number of imide groups is 1. The molecule has 31 heavy (non-hydrogen) atoms. The fourth-order valence-corrected chi connectivity index (χ4v) is 3.36.